The molecule has 0 spiro atoms. The van der Waals surface area contributed by atoms with Crippen molar-refractivity contribution in [2.75, 3.05) is 6.54 Å². The van der Waals surface area contributed by atoms with E-state index >= 15 is 0 Å². The van der Waals surface area contributed by atoms with Crippen LogP contribution in [0.4, 0.5) is 0 Å². The van der Waals surface area contributed by atoms with Gasteiger partial charge >= 0.3 is 5.97 Å². The first-order chi connectivity index (χ1) is 15.5. The first-order valence-corrected chi connectivity index (χ1v) is 13.3. The van der Waals surface area contributed by atoms with Gasteiger partial charge in [-0.2, -0.15) is 0 Å². The van der Waals surface area contributed by atoms with Gasteiger partial charge in [0.25, 0.3) is 0 Å². The van der Waals surface area contributed by atoms with E-state index in [1.165, 1.54) is 96.3 Å². The van der Waals surface area contributed by atoms with Gasteiger partial charge in [-0.25, -0.2) is 14.3 Å². The molecule has 2 atom stereocenters. The van der Waals surface area contributed by atoms with Gasteiger partial charge in [-0.15, -0.1) is 0 Å². The molecule has 1 aliphatic rings. The van der Waals surface area contributed by atoms with Crippen molar-refractivity contribution in [1.82, 2.24) is 0 Å². The molecule has 0 fully saturated rings. The van der Waals surface area contributed by atoms with Crippen molar-refractivity contribution in [3.8, 4) is 0 Å². The Bertz CT molecular complexity index is 583. The number of unbranched alkanes of at least 4 members (excludes halogenated alkanes) is 14. The SMILES string of the molecule is CCCCCCCC/C=C/CCCCCCCCCCC1=NC=C[N+]1(CC(=O)O)C(C)N. The third kappa shape index (κ3) is 12.0. The molecule has 1 rings (SSSR count). The Morgan fingerprint density at radius 3 is 1.94 bits per heavy atom. The van der Waals surface area contributed by atoms with Crippen LogP contribution in [0.5, 0.6) is 0 Å². The van der Waals surface area contributed by atoms with Gasteiger partial charge in [-0.1, -0.05) is 89.7 Å². The number of carbonyl (C=O) groups is 1. The third-order valence-electron chi connectivity index (χ3n) is 6.57. The molecule has 1 aliphatic heterocycles. The molecule has 2 unspecified atom stereocenters. The highest BCUT2D eigenvalue weighted by molar-refractivity contribution is 5.81. The fourth-order valence-corrected chi connectivity index (χ4v) is 4.47. The summed E-state index contributed by atoms with van der Waals surface area (Å²) in [4.78, 5) is 15.7. The Kier molecular flexibility index (Phi) is 16.1. The van der Waals surface area contributed by atoms with Crippen LogP contribution >= 0.6 is 0 Å². The van der Waals surface area contributed by atoms with Gasteiger partial charge in [0.15, 0.2) is 6.54 Å². The van der Waals surface area contributed by atoms with E-state index in [0.29, 0.717) is 0 Å². The third-order valence-corrected chi connectivity index (χ3v) is 6.57. The van der Waals surface area contributed by atoms with E-state index < -0.39 is 5.97 Å². The quantitative estimate of drug-likeness (QED) is 0.110. The second-order valence-electron chi connectivity index (χ2n) is 9.46. The highest BCUT2D eigenvalue weighted by Crippen LogP contribution is 2.23. The van der Waals surface area contributed by atoms with Crippen molar-refractivity contribution in [2.24, 2.45) is 10.7 Å². The molecule has 0 radical (unpaired) electrons. The smallest absolute Gasteiger partial charge is 0.360 e. The summed E-state index contributed by atoms with van der Waals surface area (Å²) in [7, 11) is 0. The summed E-state index contributed by atoms with van der Waals surface area (Å²) < 4.78 is 0.169. The molecule has 0 aromatic rings. The number of aliphatic carboxylic acids is 1. The molecule has 3 N–H and O–H groups in total. The van der Waals surface area contributed by atoms with E-state index in [9.17, 15) is 9.90 Å². The maximum atomic E-state index is 11.3. The van der Waals surface area contributed by atoms with Crippen LogP contribution in [-0.4, -0.2) is 34.1 Å². The Labute approximate surface area is 197 Å². The number of nitrogens with zero attached hydrogens (tertiary/aromatic N) is 2. The predicted molar refractivity (Wildman–Crippen MR) is 136 cm³/mol. The average Bonchev–Trinajstić information content (AvgIpc) is 3.16. The molecular weight excluding hydrogens is 398 g/mol. The van der Waals surface area contributed by atoms with Crippen LogP contribution in [0.1, 0.15) is 123 Å². The predicted octanol–water partition coefficient (Wildman–Crippen LogP) is 7.28. The van der Waals surface area contributed by atoms with Gasteiger partial charge in [0, 0.05) is 13.3 Å². The topological polar surface area (TPSA) is 75.7 Å². The molecule has 0 saturated heterocycles. The van der Waals surface area contributed by atoms with Crippen LogP contribution in [0.3, 0.4) is 0 Å². The van der Waals surface area contributed by atoms with E-state index in [1.54, 1.807) is 6.20 Å². The largest absolute Gasteiger partial charge is 0.477 e. The van der Waals surface area contributed by atoms with Crippen molar-refractivity contribution in [1.29, 1.82) is 0 Å². The van der Waals surface area contributed by atoms with Crippen molar-refractivity contribution >= 4 is 11.8 Å². The number of quaternary nitrogens is 1. The number of hydrogen-bond acceptors (Lipinski definition) is 3. The second kappa shape index (κ2) is 18.0. The number of hydrogen-bond donors (Lipinski definition) is 2. The van der Waals surface area contributed by atoms with Gasteiger partial charge in [-0.3, -0.25) is 5.73 Å². The number of carboxylic acids is 1. The van der Waals surface area contributed by atoms with Gasteiger partial charge in [0.2, 0.25) is 5.84 Å². The number of rotatable bonds is 21. The normalized spacial score (nSPS) is 19.0. The number of carboxylic acid groups (broad SMARTS) is 1. The summed E-state index contributed by atoms with van der Waals surface area (Å²) in [6, 6.07) is 0. The average molecular weight is 449 g/mol. The standard InChI is InChI=1S/C27H49N3O2/c1-3-4-5-6-7-8-9-10-11-12-13-14-15-16-17-18-19-20-21-26-29-22-23-30(26,25(2)28)24-27(31)32/h10-11,22-23,25H,3-9,12-21,24,28H2,1-2H3/p+1/b11-10+. The number of nitrogens with two attached hydrogens (primary N) is 1. The van der Waals surface area contributed by atoms with E-state index in [2.05, 4.69) is 24.1 Å². The first-order valence-electron chi connectivity index (χ1n) is 13.3. The minimum absolute atomic E-state index is 0.0266. The zero-order valence-electron chi connectivity index (χ0n) is 20.9. The van der Waals surface area contributed by atoms with E-state index in [-0.39, 0.29) is 17.2 Å². The van der Waals surface area contributed by atoms with Crippen molar-refractivity contribution in [3.63, 3.8) is 0 Å². The van der Waals surface area contributed by atoms with Crippen LogP contribution in [0.15, 0.2) is 29.5 Å². The van der Waals surface area contributed by atoms with Crippen LogP contribution in [0.2, 0.25) is 0 Å². The highest BCUT2D eigenvalue weighted by atomic mass is 16.4. The summed E-state index contributed by atoms with van der Waals surface area (Å²) in [5.41, 5.74) is 6.11. The zero-order valence-corrected chi connectivity index (χ0v) is 20.9. The molecule has 0 aliphatic carbocycles. The lowest BCUT2D eigenvalue weighted by Gasteiger charge is -2.34. The molecule has 0 amide bonds. The molecule has 32 heavy (non-hydrogen) atoms. The molecule has 0 bridgehead atoms. The maximum absolute atomic E-state index is 11.3. The van der Waals surface area contributed by atoms with Crippen LogP contribution in [-0.2, 0) is 4.79 Å². The van der Waals surface area contributed by atoms with Crippen molar-refractivity contribution in [3.05, 3.63) is 24.6 Å². The Morgan fingerprint density at radius 1 is 0.938 bits per heavy atom. The molecule has 5 nitrogen and oxygen atoms in total. The molecule has 5 heteroatoms. The maximum Gasteiger partial charge on any atom is 0.360 e. The van der Waals surface area contributed by atoms with E-state index in [1.807, 2.05) is 13.1 Å². The lowest BCUT2D eigenvalue weighted by atomic mass is 10.1. The zero-order chi connectivity index (χ0) is 23.5. The Hall–Kier alpha value is -1.46. The Balaban J connectivity index is 1.96. The highest BCUT2D eigenvalue weighted by Gasteiger charge is 2.40. The molecule has 1 heterocycles. The number of aliphatic imine (C=N–C) groups is 1. The number of allylic oxidation sites excluding steroid dienone is 2. The van der Waals surface area contributed by atoms with Crippen LogP contribution < -0.4 is 5.73 Å². The number of amidine groups is 1. The summed E-state index contributed by atoms with van der Waals surface area (Å²) in [6.45, 7) is 4.11. The minimum atomic E-state index is -0.838. The van der Waals surface area contributed by atoms with Crippen molar-refractivity contribution in [2.45, 2.75) is 129 Å². The first kappa shape index (κ1) is 28.6. The molecule has 0 aromatic carbocycles. The van der Waals surface area contributed by atoms with Gasteiger partial charge in [0.05, 0.1) is 6.20 Å². The van der Waals surface area contributed by atoms with Gasteiger partial charge in [0.1, 0.15) is 12.4 Å². The summed E-state index contributed by atoms with van der Waals surface area (Å²) in [6.07, 6.45) is 29.7. The molecule has 184 valence electrons. The van der Waals surface area contributed by atoms with Crippen LogP contribution in [0, 0.1) is 0 Å². The second-order valence-corrected chi connectivity index (χ2v) is 9.46. The molecular formula is C27H50N3O2+. The molecule has 0 saturated carbocycles. The lowest BCUT2D eigenvalue weighted by Crippen LogP contribution is -2.59. The Morgan fingerprint density at radius 2 is 1.44 bits per heavy atom. The van der Waals surface area contributed by atoms with Crippen molar-refractivity contribution < 1.29 is 14.4 Å². The monoisotopic (exact) mass is 448 g/mol. The summed E-state index contributed by atoms with van der Waals surface area (Å²) in [5.74, 6) is 0.0572. The fourth-order valence-electron chi connectivity index (χ4n) is 4.47. The minimum Gasteiger partial charge on any atom is -0.477 e. The summed E-state index contributed by atoms with van der Waals surface area (Å²) in [5, 5.41) is 9.27. The van der Waals surface area contributed by atoms with E-state index in [4.69, 9.17) is 5.73 Å². The van der Waals surface area contributed by atoms with Gasteiger partial charge < -0.3 is 5.11 Å². The summed E-state index contributed by atoms with van der Waals surface area (Å²) >= 11 is 0. The fraction of sp³-hybridized carbons (Fsp3) is 0.778. The molecule has 0 aromatic heterocycles. The van der Waals surface area contributed by atoms with Crippen LogP contribution in [0.25, 0.3) is 0 Å². The van der Waals surface area contributed by atoms with Gasteiger partial charge in [-0.05, 0) is 32.1 Å². The lowest BCUT2D eigenvalue weighted by molar-refractivity contribution is -0.805. The van der Waals surface area contributed by atoms with E-state index in [0.717, 1.165) is 18.7 Å².